The summed E-state index contributed by atoms with van der Waals surface area (Å²) in [5.74, 6) is -0.557. The predicted molar refractivity (Wildman–Crippen MR) is 83.5 cm³/mol. The molecule has 116 valence electrons. The van der Waals surface area contributed by atoms with E-state index in [-0.39, 0.29) is 16.4 Å². The van der Waals surface area contributed by atoms with Gasteiger partial charge in [-0.1, -0.05) is 24.7 Å². The van der Waals surface area contributed by atoms with Gasteiger partial charge in [-0.15, -0.1) is 0 Å². The van der Waals surface area contributed by atoms with Gasteiger partial charge in [-0.3, -0.25) is 4.79 Å². The first-order chi connectivity index (χ1) is 9.93. The molecule has 2 rings (SSSR count). The fourth-order valence-electron chi connectivity index (χ4n) is 2.94. The molecule has 0 aromatic carbocycles. The van der Waals surface area contributed by atoms with Crippen molar-refractivity contribution in [3.63, 3.8) is 0 Å². The van der Waals surface area contributed by atoms with Crippen LogP contribution in [-0.4, -0.2) is 34.9 Å². The molecule has 1 fully saturated rings. The highest BCUT2D eigenvalue weighted by molar-refractivity contribution is 7.17. The summed E-state index contributed by atoms with van der Waals surface area (Å²) in [6, 6.07) is 0.389. The molecule has 6 heteroatoms. The first-order valence-corrected chi connectivity index (χ1v) is 8.23. The molecule has 0 atom stereocenters. The molecule has 1 heterocycles. The van der Waals surface area contributed by atoms with Gasteiger partial charge in [0.25, 0.3) is 0 Å². The molecule has 1 aliphatic rings. The number of nitrogens with zero attached hydrogens (tertiary/aromatic N) is 2. The minimum absolute atomic E-state index is 0.114. The van der Waals surface area contributed by atoms with Crippen molar-refractivity contribution in [3.8, 4) is 0 Å². The molecule has 1 saturated carbocycles. The van der Waals surface area contributed by atoms with E-state index in [9.17, 15) is 9.59 Å². The van der Waals surface area contributed by atoms with Crippen LogP contribution in [0.5, 0.6) is 0 Å². The average molecular weight is 310 g/mol. The zero-order chi connectivity index (χ0) is 15.6. The van der Waals surface area contributed by atoms with Crippen molar-refractivity contribution >= 4 is 28.2 Å². The van der Waals surface area contributed by atoms with Gasteiger partial charge >= 0.3 is 5.97 Å². The highest BCUT2D eigenvalue weighted by Crippen LogP contribution is 2.34. The third-order valence-electron chi connectivity index (χ3n) is 4.38. The number of rotatable bonds is 5. The third kappa shape index (κ3) is 3.43. The van der Waals surface area contributed by atoms with Gasteiger partial charge in [-0.05, 0) is 31.6 Å². The number of carbonyl (C=O) groups is 2. The maximum atomic E-state index is 11.6. The van der Waals surface area contributed by atoms with Crippen LogP contribution in [-0.2, 0) is 0 Å². The van der Waals surface area contributed by atoms with Crippen LogP contribution in [0.15, 0.2) is 0 Å². The molecule has 0 bridgehead atoms. The molecule has 0 unspecified atom stereocenters. The number of aromatic nitrogens is 1. The Morgan fingerprint density at radius 3 is 2.38 bits per heavy atom. The molecule has 1 aromatic rings. The van der Waals surface area contributed by atoms with Gasteiger partial charge in [0, 0.05) is 20.0 Å². The summed E-state index contributed by atoms with van der Waals surface area (Å²) in [4.78, 5) is 29.2. The number of anilines is 1. The lowest BCUT2D eigenvalue weighted by atomic mass is 9.84. The summed E-state index contributed by atoms with van der Waals surface area (Å²) >= 11 is 1.19. The Morgan fingerprint density at radius 1 is 1.33 bits per heavy atom. The Morgan fingerprint density at radius 2 is 1.95 bits per heavy atom. The van der Waals surface area contributed by atoms with Gasteiger partial charge < -0.3 is 10.0 Å². The van der Waals surface area contributed by atoms with Gasteiger partial charge in [0.2, 0.25) is 0 Å². The Kier molecular flexibility index (Phi) is 4.98. The molecule has 0 spiro atoms. The summed E-state index contributed by atoms with van der Waals surface area (Å²) in [5, 5.41) is 9.80. The van der Waals surface area contributed by atoms with Crippen LogP contribution >= 0.6 is 11.3 Å². The van der Waals surface area contributed by atoms with Crippen molar-refractivity contribution in [1.82, 2.24) is 4.98 Å². The number of carboxylic acid groups (broad SMARTS) is 1. The Balaban J connectivity index is 2.16. The number of thiazole rings is 1. The van der Waals surface area contributed by atoms with Crippen LogP contribution in [0, 0.1) is 5.92 Å². The molecule has 5 nitrogen and oxygen atoms in total. The van der Waals surface area contributed by atoms with Crippen LogP contribution in [0.1, 0.15) is 66.1 Å². The van der Waals surface area contributed by atoms with Gasteiger partial charge in [0.15, 0.2) is 16.6 Å². The van der Waals surface area contributed by atoms with E-state index in [1.165, 1.54) is 37.5 Å². The summed E-state index contributed by atoms with van der Waals surface area (Å²) < 4.78 is 0. The van der Waals surface area contributed by atoms with Gasteiger partial charge in [-0.2, -0.15) is 0 Å². The first kappa shape index (κ1) is 15.9. The molecule has 1 aliphatic carbocycles. The number of hydrogen-bond acceptors (Lipinski definition) is 5. The number of carboxylic acids is 1. The van der Waals surface area contributed by atoms with Crippen LogP contribution in [0.4, 0.5) is 5.13 Å². The van der Waals surface area contributed by atoms with Crippen LogP contribution in [0.25, 0.3) is 0 Å². The second-order valence-corrected chi connectivity index (χ2v) is 6.71. The smallest absolute Gasteiger partial charge is 0.356 e. The molecular weight excluding hydrogens is 288 g/mol. The number of hydrogen-bond donors (Lipinski definition) is 1. The van der Waals surface area contributed by atoms with Crippen LogP contribution in [0.2, 0.25) is 0 Å². The predicted octanol–water partition coefficient (Wildman–Crippen LogP) is 3.45. The van der Waals surface area contributed by atoms with Gasteiger partial charge in [0.05, 0.1) is 0 Å². The van der Waals surface area contributed by atoms with Crippen LogP contribution in [0.3, 0.4) is 0 Å². The molecular formula is C15H22N2O3S. The molecule has 1 aromatic heterocycles. The largest absolute Gasteiger partial charge is 0.476 e. The van der Waals surface area contributed by atoms with E-state index in [0.717, 1.165) is 18.8 Å². The molecule has 0 amide bonds. The van der Waals surface area contributed by atoms with Crippen molar-refractivity contribution in [3.05, 3.63) is 10.6 Å². The van der Waals surface area contributed by atoms with E-state index in [0.29, 0.717) is 11.2 Å². The maximum absolute atomic E-state index is 11.6. The van der Waals surface area contributed by atoms with E-state index < -0.39 is 5.97 Å². The van der Waals surface area contributed by atoms with Gasteiger partial charge in [0.1, 0.15) is 4.88 Å². The van der Waals surface area contributed by atoms with E-state index >= 15 is 0 Å². The van der Waals surface area contributed by atoms with Crippen LogP contribution < -0.4 is 4.90 Å². The topological polar surface area (TPSA) is 70.5 Å². The number of Topliss-reactive ketones (excluding diaryl/α,β-unsaturated/α-hetero) is 1. The monoisotopic (exact) mass is 310 g/mol. The molecule has 0 aliphatic heterocycles. The van der Waals surface area contributed by atoms with E-state index in [1.54, 1.807) is 0 Å². The Labute approximate surface area is 129 Å². The van der Waals surface area contributed by atoms with Crippen molar-refractivity contribution < 1.29 is 14.7 Å². The van der Waals surface area contributed by atoms with E-state index in [1.807, 2.05) is 7.05 Å². The number of ketones is 1. The van der Waals surface area contributed by atoms with Crippen molar-refractivity contribution in [1.29, 1.82) is 0 Å². The van der Waals surface area contributed by atoms with E-state index in [4.69, 9.17) is 5.11 Å². The third-order valence-corrected chi connectivity index (χ3v) is 5.63. The lowest BCUT2D eigenvalue weighted by Crippen LogP contribution is -2.35. The van der Waals surface area contributed by atoms with Gasteiger partial charge in [-0.25, -0.2) is 9.78 Å². The second kappa shape index (κ2) is 6.56. The summed E-state index contributed by atoms with van der Waals surface area (Å²) in [7, 11) is 1.95. The molecule has 0 radical (unpaired) electrons. The zero-order valence-electron chi connectivity index (χ0n) is 12.8. The molecule has 21 heavy (non-hydrogen) atoms. The Hall–Kier alpha value is -1.43. The average Bonchev–Trinajstić information content (AvgIpc) is 2.92. The summed E-state index contributed by atoms with van der Waals surface area (Å²) in [6.07, 6.45) is 5.86. The molecule has 1 N–H and O–H groups in total. The van der Waals surface area contributed by atoms with Crippen molar-refractivity contribution in [2.24, 2.45) is 5.92 Å². The first-order valence-electron chi connectivity index (χ1n) is 7.41. The highest BCUT2D eigenvalue weighted by atomic mass is 32.1. The maximum Gasteiger partial charge on any atom is 0.356 e. The fraction of sp³-hybridized carbons (Fsp3) is 0.667. The minimum atomic E-state index is -1.13. The standard InChI is InChI=1S/C15H22N2O3S/c1-4-10-5-7-11(8-6-10)17(3)15-16-12(14(19)20)13(21-15)9(2)18/h10-11H,4-8H2,1-3H3,(H,19,20). The molecule has 0 saturated heterocycles. The number of aromatic carboxylic acids is 1. The lowest BCUT2D eigenvalue weighted by Gasteiger charge is -2.34. The summed E-state index contributed by atoms with van der Waals surface area (Å²) in [5.41, 5.74) is -0.114. The quantitative estimate of drug-likeness (QED) is 0.843. The second-order valence-electron chi connectivity index (χ2n) is 5.73. The van der Waals surface area contributed by atoms with E-state index in [2.05, 4.69) is 16.8 Å². The fourth-order valence-corrected chi connectivity index (χ4v) is 3.93. The highest BCUT2D eigenvalue weighted by Gasteiger charge is 2.27. The summed E-state index contributed by atoms with van der Waals surface area (Å²) in [6.45, 7) is 3.62. The SMILES string of the molecule is CCC1CCC(N(C)c2nc(C(=O)O)c(C(C)=O)s2)CC1. The lowest BCUT2D eigenvalue weighted by molar-refractivity contribution is 0.0687. The van der Waals surface area contributed by atoms with Crippen molar-refractivity contribution in [2.75, 3.05) is 11.9 Å². The Bertz CT molecular complexity index is 502. The number of carbonyl (C=O) groups excluding carboxylic acids is 1. The van der Waals surface area contributed by atoms with Crippen molar-refractivity contribution in [2.45, 2.75) is 52.0 Å². The zero-order valence-corrected chi connectivity index (χ0v) is 13.6. The minimum Gasteiger partial charge on any atom is -0.476 e. The normalized spacial score (nSPS) is 22.0.